The lowest BCUT2D eigenvalue weighted by molar-refractivity contribution is -0.234. The summed E-state index contributed by atoms with van der Waals surface area (Å²) in [4.78, 5) is 3.84. The Balaban J connectivity index is 2.25. The van der Waals surface area contributed by atoms with Gasteiger partial charge in [0.1, 0.15) is 5.54 Å². The fourth-order valence-corrected chi connectivity index (χ4v) is 2.91. The van der Waals surface area contributed by atoms with Crippen LogP contribution in [0.3, 0.4) is 0 Å². The summed E-state index contributed by atoms with van der Waals surface area (Å²) in [7, 11) is 0. The molecule has 3 rings (SSSR count). The summed E-state index contributed by atoms with van der Waals surface area (Å²) in [5.74, 6) is -12.0. The number of rotatable bonds is 2. The van der Waals surface area contributed by atoms with Crippen LogP contribution in [0, 0.1) is 29.1 Å². The molecule has 1 heterocycles. The Kier molecular flexibility index (Phi) is 4.04. The van der Waals surface area contributed by atoms with Gasteiger partial charge < -0.3 is 5.11 Å². The average molecular weight is 372 g/mol. The lowest BCUT2D eigenvalue weighted by Gasteiger charge is -2.38. The highest BCUT2D eigenvalue weighted by Crippen LogP contribution is 2.44. The Hall–Kier alpha value is -2.52. The molecule has 0 bridgehead atoms. The summed E-state index contributed by atoms with van der Waals surface area (Å²) in [6, 6.07) is 7.54. The second kappa shape index (κ2) is 5.75. The van der Waals surface area contributed by atoms with Crippen molar-refractivity contribution in [2.75, 3.05) is 0 Å². The van der Waals surface area contributed by atoms with Crippen molar-refractivity contribution >= 4 is 5.84 Å². The minimum absolute atomic E-state index is 0.0145. The zero-order chi connectivity index (χ0) is 19.4. The van der Waals surface area contributed by atoms with Gasteiger partial charge >= 0.3 is 0 Å². The highest BCUT2D eigenvalue weighted by Gasteiger charge is 2.57. The maximum Gasteiger partial charge on any atom is 0.214 e. The van der Waals surface area contributed by atoms with Gasteiger partial charge in [0.2, 0.25) is 11.5 Å². The number of hydrogen-bond donors (Lipinski definition) is 2. The van der Waals surface area contributed by atoms with Crippen molar-refractivity contribution in [1.82, 2.24) is 5.06 Å². The van der Waals surface area contributed by atoms with Crippen LogP contribution in [-0.4, -0.2) is 26.8 Å². The van der Waals surface area contributed by atoms with Crippen LogP contribution in [0.1, 0.15) is 25.0 Å². The molecule has 0 radical (unpaired) electrons. The number of aliphatic imine (C=N–C) groups is 1. The summed E-state index contributed by atoms with van der Waals surface area (Å²) in [6.07, 6.45) is 0. The molecule has 138 valence electrons. The van der Waals surface area contributed by atoms with Gasteiger partial charge in [-0.05, 0) is 13.8 Å². The Morgan fingerprint density at radius 1 is 0.846 bits per heavy atom. The Morgan fingerprint density at radius 3 is 1.81 bits per heavy atom. The lowest BCUT2D eigenvalue weighted by Crippen LogP contribution is -2.53. The van der Waals surface area contributed by atoms with Crippen molar-refractivity contribution in [1.29, 1.82) is 0 Å². The average Bonchev–Trinajstić information content (AvgIpc) is 2.80. The summed E-state index contributed by atoms with van der Waals surface area (Å²) in [6.45, 7) is 2.67. The van der Waals surface area contributed by atoms with Crippen LogP contribution in [-0.2, 0) is 5.72 Å². The van der Waals surface area contributed by atoms with Gasteiger partial charge in [-0.1, -0.05) is 30.3 Å². The topological polar surface area (TPSA) is 56.1 Å². The van der Waals surface area contributed by atoms with Crippen LogP contribution in [0.2, 0.25) is 0 Å². The molecule has 0 spiro atoms. The molecule has 0 aromatic heterocycles. The van der Waals surface area contributed by atoms with E-state index in [9.17, 15) is 32.3 Å². The normalized spacial score (nSPS) is 21.9. The highest BCUT2D eigenvalue weighted by molar-refractivity contribution is 6.00. The monoisotopic (exact) mass is 372 g/mol. The number of amidine groups is 1. The summed E-state index contributed by atoms with van der Waals surface area (Å²) in [5.41, 5.74) is -5.21. The van der Waals surface area contributed by atoms with E-state index in [0.717, 1.165) is 0 Å². The van der Waals surface area contributed by atoms with Gasteiger partial charge in [-0.2, -0.15) is 5.06 Å². The van der Waals surface area contributed by atoms with Gasteiger partial charge in [0.25, 0.3) is 0 Å². The fourth-order valence-electron chi connectivity index (χ4n) is 2.91. The van der Waals surface area contributed by atoms with E-state index in [0.29, 0.717) is 0 Å². The van der Waals surface area contributed by atoms with E-state index in [-0.39, 0.29) is 10.6 Å². The smallest absolute Gasteiger partial charge is 0.214 e. The Labute approximate surface area is 144 Å². The standard InChI is InChI=1S/C17H13F5N2O2/c1-16(2)17(25,8-6-4-3-5-7-8)24(26)15(23-16)9-10(18)12(20)14(22)13(21)11(9)19/h3-7,25-26H,1-2H3. The number of hydrogen-bond acceptors (Lipinski definition) is 4. The first-order valence-corrected chi connectivity index (χ1v) is 7.42. The van der Waals surface area contributed by atoms with Crippen LogP contribution < -0.4 is 0 Å². The minimum Gasteiger partial charge on any atom is -0.363 e. The van der Waals surface area contributed by atoms with Crippen LogP contribution in [0.5, 0.6) is 0 Å². The lowest BCUT2D eigenvalue weighted by atomic mass is 9.86. The van der Waals surface area contributed by atoms with E-state index >= 15 is 0 Å². The first-order valence-electron chi connectivity index (χ1n) is 7.42. The third-order valence-electron chi connectivity index (χ3n) is 4.36. The van der Waals surface area contributed by atoms with Gasteiger partial charge in [-0.25, -0.2) is 22.0 Å². The molecule has 0 saturated heterocycles. The summed E-state index contributed by atoms with van der Waals surface area (Å²) >= 11 is 0. The minimum atomic E-state index is -2.33. The van der Waals surface area contributed by atoms with Crippen molar-refractivity contribution < 1.29 is 32.3 Å². The molecule has 26 heavy (non-hydrogen) atoms. The number of halogens is 5. The van der Waals surface area contributed by atoms with Gasteiger partial charge in [0, 0.05) is 5.56 Å². The van der Waals surface area contributed by atoms with Crippen LogP contribution in [0.25, 0.3) is 0 Å². The molecule has 2 aromatic rings. The Morgan fingerprint density at radius 2 is 1.31 bits per heavy atom. The predicted octanol–water partition coefficient (Wildman–Crippen LogP) is 3.46. The van der Waals surface area contributed by atoms with Crippen molar-refractivity contribution in [3.8, 4) is 0 Å². The molecule has 2 aromatic carbocycles. The molecule has 1 unspecified atom stereocenters. The SMILES string of the molecule is CC1(C)N=C(c2c(F)c(F)c(F)c(F)c2F)N(O)C1(O)c1ccccc1. The number of hydroxylamine groups is 2. The largest absolute Gasteiger partial charge is 0.363 e. The van der Waals surface area contributed by atoms with E-state index in [1.807, 2.05) is 0 Å². The Bertz CT molecular complexity index is 888. The first kappa shape index (κ1) is 18.3. The zero-order valence-electron chi connectivity index (χ0n) is 13.6. The highest BCUT2D eigenvalue weighted by atomic mass is 19.2. The van der Waals surface area contributed by atoms with Crippen LogP contribution in [0.4, 0.5) is 22.0 Å². The number of nitrogens with zero attached hydrogens (tertiary/aromatic N) is 2. The van der Waals surface area contributed by atoms with Crippen LogP contribution >= 0.6 is 0 Å². The van der Waals surface area contributed by atoms with Crippen molar-refractivity contribution in [3.63, 3.8) is 0 Å². The molecule has 2 N–H and O–H groups in total. The summed E-state index contributed by atoms with van der Waals surface area (Å²) in [5, 5.41) is 21.5. The maximum absolute atomic E-state index is 14.1. The van der Waals surface area contributed by atoms with Crippen molar-refractivity contribution in [3.05, 3.63) is 70.5 Å². The zero-order valence-corrected chi connectivity index (χ0v) is 13.6. The molecule has 9 heteroatoms. The predicted molar refractivity (Wildman–Crippen MR) is 80.8 cm³/mol. The van der Waals surface area contributed by atoms with Crippen molar-refractivity contribution in [2.45, 2.75) is 25.1 Å². The van der Waals surface area contributed by atoms with E-state index in [2.05, 4.69) is 4.99 Å². The molecule has 1 aliphatic heterocycles. The fraction of sp³-hybridized carbons (Fsp3) is 0.235. The molecule has 4 nitrogen and oxygen atoms in total. The molecule has 0 fully saturated rings. The van der Waals surface area contributed by atoms with Gasteiger partial charge in [-0.15, -0.1) is 0 Å². The molecular weight excluding hydrogens is 359 g/mol. The molecular formula is C17H13F5N2O2. The van der Waals surface area contributed by atoms with E-state index < -0.39 is 51.7 Å². The van der Waals surface area contributed by atoms with Crippen LogP contribution in [0.15, 0.2) is 35.3 Å². The third-order valence-corrected chi connectivity index (χ3v) is 4.36. The molecule has 1 atom stereocenters. The van der Waals surface area contributed by atoms with E-state index in [1.165, 1.54) is 38.1 Å². The van der Waals surface area contributed by atoms with E-state index in [1.54, 1.807) is 6.07 Å². The van der Waals surface area contributed by atoms with E-state index in [4.69, 9.17) is 0 Å². The van der Waals surface area contributed by atoms with Gasteiger partial charge in [0.05, 0.1) is 5.56 Å². The van der Waals surface area contributed by atoms with Gasteiger partial charge in [-0.3, -0.25) is 10.2 Å². The molecule has 0 saturated carbocycles. The second-order valence-electron chi connectivity index (χ2n) is 6.29. The van der Waals surface area contributed by atoms with Gasteiger partial charge in [0.15, 0.2) is 29.1 Å². The van der Waals surface area contributed by atoms with Crippen molar-refractivity contribution in [2.24, 2.45) is 4.99 Å². The third kappa shape index (κ3) is 2.24. The maximum atomic E-state index is 14.1. The second-order valence-corrected chi connectivity index (χ2v) is 6.29. The molecule has 0 aliphatic carbocycles. The summed E-state index contributed by atoms with van der Waals surface area (Å²) < 4.78 is 68.5. The molecule has 0 amide bonds. The quantitative estimate of drug-likeness (QED) is 0.482. The molecule has 1 aliphatic rings. The first-order chi connectivity index (χ1) is 12.0. The number of benzene rings is 2. The number of aliphatic hydroxyl groups is 1.